The van der Waals surface area contributed by atoms with E-state index in [9.17, 15) is 9.59 Å². The molecule has 3 rings (SSSR count). The normalized spacial score (nSPS) is 10.1. The summed E-state index contributed by atoms with van der Waals surface area (Å²) in [4.78, 5) is 26.0. The SMILES string of the molecule is COc1cc(C=C(C(=O)NCc2ccccc2)C(=O)NCc2ccccc2)cc(OC)c1. The molecule has 6 nitrogen and oxygen atoms in total. The van der Waals surface area contributed by atoms with Crippen LogP contribution in [0.4, 0.5) is 0 Å². The molecule has 0 saturated heterocycles. The van der Waals surface area contributed by atoms with Gasteiger partial charge in [0.15, 0.2) is 0 Å². The summed E-state index contributed by atoms with van der Waals surface area (Å²) in [6, 6.07) is 24.2. The zero-order valence-electron chi connectivity index (χ0n) is 18.1. The van der Waals surface area contributed by atoms with Crippen LogP contribution < -0.4 is 20.1 Å². The summed E-state index contributed by atoms with van der Waals surface area (Å²) in [5.74, 6) is 0.177. The van der Waals surface area contributed by atoms with Gasteiger partial charge in [-0.2, -0.15) is 0 Å². The van der Waals surface area contributed by atoms with Gasteiger partial charge in [0, 0.05) is 19.2 Å². The summed E-state index contributed by atoms with van der Waals surface area (Å²) in [5, 5.41) is 5.65. The van der Waals surface area contributed by atoms with E-state index in [2.05, 4.69) is 10.6 Å². The summed E-state index contributed by atoms with van der Waals surface area (Å²) in [6.07, 6.45) is 1.53. The highest BCUT2D eigenvalue weighted by Crippen LogP contribution is 2.24. The lowest BCUT2D eigenvalue weighted by atomic mass is 10.1. The van der Waals surface area contributed by atoms with Gasteiger partial charge in [0.2, 0.25) is 0 Å². The van der Waals surface area contributed by atoms with Crippen molar-refractivity contribution in [3.63, 3.8) is 0 Å². The predicted molar refractivity (Wildman–Crippen MR) is 124 cm³/mol. The summed E-state index contributed by atoms with van der Waals surface area (Å²) in [6.45, 7) is 0.620. The van der Waals surface area contributed by atoms with Crippen LogP contribution in [0.1, 0.15) is 16.7 Å². The van der Waals surface area contributed by atoms with E-state index in [0.717, 1.165) is 11.1 Å². The number of rotatable bonds is 9. The molecule has 3 aromatic carbocycles. The zero-order chi connectivity index (χ0) is 22.8. The first-order valence-corrected chi connectivity index (χ1v) is 10.2. The quantitative estimate of drug-likeness (QED) is 0.308. The number of hydrogen-bond donors (Lipinski definition) is 2. The largest absolute Gasteiger partial charge is 0.497 e. The van der Waals surface area contributed by atoms with E-state index in [1.165, 1.54) is 6.08 Å². The molecule has 0 aromatic heterocycles. The molecule has 0 atom stereocenters. The predicted octanol–water partition coefficient (Wildman–Crippen LogP) is 3.72. The topological polar surface area (TPSA) is 76.7 Å². The number of carbonyl (C=O) groups excluding carboxylic acids is 2. The Morgan fingerprint density at radius 3 is 1.56 bits per heavy atom. The van der Waals surface area contributed by atoms with Crippen molar-refractivity contribution in [3.8, 4) is 11.5 Å². The van der Waals surface area contributed by atoms with Gasteiger partial charge in [0.1, 0.15) is 17.1 Å². The van der Waals surface area contributed by atoms with Crippen molar-refractivity contribution in [2.24, 2.45) is 0 Å². The highest BCUT2D eigenvalue weighted by Gasteiger charge is 2.18. The van der Waals surface area contributed by atoms with Crippen molar-refractivity contribution in [2.75, 3.05) is 14.2 Å². The number of methoxy groups -OCH3 is 2. The number of hydrogen-bond acceptors (Lipinski definition) is 4. The highest BCUT2D eigenvalue weighted by atomic mass is 16.5. The van der Waals surface area contributed by atoms with E-state index < -0.39 is 11.8 Å². The Kier molecular flexibility index (Phi) is 8.03. The van der Waals surface area contributed by atoms with Crippen LogP contribution in [0.2, 0.25) is 0 Å². The van der Waals surface area contributed by atoms with Crippen molar-refractivity contribution in [3.05, 3.63) is 101 Å². The lowest BCUT2D eigenvalue weighted by Crippen LogP contribution is -2.34. The minimum Gasteiger partial charge on any atom is -0.497 e. The molecule has 0 unspecified atom stereocenters. The molecular formula is C26H26N2O4. The van der Waals surface area contributed by atoms with Gasteiger partial charge in [-0.15, -0.1) is 0 Å². The first-order chi connectivity index (χ1) is 15.6. The molecule has 0 heterocycles. The van der Waals surface area contributed by atoms with Crippen LogP contribution >= 0.6 is 0 Å². The van der Waals surface area contributed by atoms with Gasteiger partial charge < -0.3 is 20.1 Å². The van der Waals surface area contributed by atoms with Crippen molar-refractivity contribution in [1.29, 1.82) is 0 Å². The molecule has 0 aliphatic carbocycles. The van der Waals surface area contributed by atoms with Gasteiger partial charge in [-0.25, -0.2) is 0 Å². The Morgan fingerprint density at radius 1 is 0.719 bits per heavy atom. The second-order valence-corrected chi connectivity index (χ2v) is 7.04. The molecule has 2 N–H and O–H groups in total. The first kappa shape index (κ1) is 22.6. The van der Waals surface area contributed by atoms with Crippen LogP contribution in [0.5, 0.6) is 11.5 Å². The zero-order valence-corrected chi connectivity index (χ0v) is 18.1. The molecule has 3 aromatic rings. The average Bonchev–Trinajstić information content (AvgIpc) is 2.85. The van der Waals surface area contributed by atoms with Crippen molar-refractivity contribution >= 4 is 17.9 Å². The Hall–Kier alpha value is -4.06. The third-order valence-corrected chi connectivity index (χ3v) is 4.77. The Balaban J connectivity index is 1.84. The minimum absolute atomic E-state index is 0.00725. The monoisotopic (exact) mass is 430 g/mol. The minimum atomic E-state index is -0.471. The van der Waals surface area contributed by atoms with Crippen LogP contribution in [-0.4, -0.2) is 26.0 Å². The summed E-state index contributed by atoms with van der Waals surface area (Å²) in [7, 11) is 3.09. The summed E-state index contributed by atoms with van der Waals surface area (Å²) >= 11 is 0. The van der Waals surface area contributed by atoms with Crippen molar-refractivity contribution in [1.82, 2.24) is 10.6 Å². The van der Waals surface area contributed by atoms with Crippen LogP contribution in [0.25, 0.3) is 6.08 Å². The maximum Gasteiger partial charge on any atom is 0.257 e. The second kappa shape index (κ2) is 11.4. The number of benzene rings is 3. The smallest absolute Gasteiger partial charge is 0.257 e. The van der Waals surface area contributed by atoms with Crippen LogP contribution in [0.3, 0.4) is 0 Å². The Bertz CT molecular complexity index is 1000. The van der Waals surface area contributed by atoms with E-state index in [1.807, 2.05) is 60.7 Å². The average molecular weight is 431 g/mol. The van der Waals surface area contributed by atoms with E-state index >= 15 is 0 Å². The maximum atomic E-state index is 13.0. The van der Waals surface area contributed by atoms with Crippen molar-refractivity contribution < 1.29 is 19.1 Å². The fraction of sp³-hybridized carbons (Fsp3) is 0.154. The number of amides is 2. The molecule has 0 fully saturated rings. The van der Waals surface area contributed by atoms with E-state index in [0.29, 0.717) is 30.2 Å². The lowest BCUT2D eigenvalue weighted by molar-refractivity contribution is -0.123. The van der Waals surface area contributed by atoms with Gasteiger partial charge in [-0.3, -0.25) is 9.59 Å². The van der Waals surface area contributed by atoms with E-state index in [-0.39, 0.29) is 5.57 Å². The van der Waals surface area contributed by atoms with Crippen molar-refractivity contribution in [2.45, 2.75) is 13.1 Å². The Labute approximate surface area is 187 Å². The molecule has 6 heteroatoms. The standard InChI is InChI=1S/C26H26N2O4/c1-31-22-13-21(14-23(16-22)32-2)15-24(25(29)27-17-19-9-5-3-6-10-19)26(30)28-18-20-11-7-4-8-12-20/h3-16H,17-18H2,1-2H3,(H,27,29)(H,28,30). The molecule has 32 heavy (non-hydrogen) atoms. The molecule has 0 spiro atoms. The number of carbonyl (C=O) groups is 2. The third kappa shape index (κ3) is 6.47. The molecule has 0 radical (unpaired) electrons. The highest BCUT2D eigenvalue weighted by molar-refractivity contribution is 6.21. The van der Waals surface area contributed by atoms with E-state index in [4.69, 9.17) is 9.47 Å². The maximum absolute atomic E-state index is 13.0. The van der Waals surface area contributed by atoms with Gasteiger partial charge in [-0.1, -0.05) is 60.7 Å². The molecular weight excluding hydrogens is 404 g/mol. The van der Waals surface area contributed by atoms with Gasteiger partial charge in [0.25, 0.3) is 11.8 Å². The van der Waals surface area contributed by atoms with Crippen LogP contribution in [0, 0.1) is 0 Å². The van der Waals surface area contributed by atoms with E-state index in [1.54, 1.807) is 32.4 Å². The van der Waals surface area contributed by atoms with Gasteiger partial charge in [-0.05, 0) is 34.9 Å². The van der Waals surface area contributed by atoms with Gasteiger partial charge in [0.05, 0.1) is 14.2 Å². The molecule has 0 aliphatic heterocycles. The lowest BCUT2D eigenvalue weighted by Gasteiger charge is -2.12. The molecule has 2 amide bonds. The molecule has 0 bridgehead atoms. The number of nitrogens with one attached hydrogen (secondary N) is 2. The third-order valence-electron chi connectivity index (χ3n) is 4.77. The number of ether oxygens (including phenoxy) is 2. The first-order valence-electron chi connectivity index (χ1n) is 10.2. The molecule has 164 valence electrons. The molecule has 0 aliphatic rings. The molecule has 0 saturated carbocycles. The second-order valence-electron chi connectivity index (χ2n) is 7.04. The summed E-state index contributed by atoms with van der Waals surface area (Å²) < 4.78 is 10.6. The fourth-order valence-electron chi connectivity index (χ4n) is 3.06. The summed E-state index contributed by atoms with van der Waals surface area (Å²) in [5.41, 5.74) is 2.48. The van der Waals surface area contributed by atoms with Gasteiger partial charge >= 0.3 is 0 Å². The van der Waals surface area contributed by atoms with Crippen LogP contribution in [0.15, 0.2) is 84.4 Å². The van der Waals surface area contributed by atoms with Crippen LogP contribution in [-0.2, 0) is 22.7 Å². The Morgan fingerprint density at radius 2 is 1.16 bits per heavy atom. The fourth-order valence-corrected chi connectivity index (χ4v) is 3.06.